The van der Waals surface area contributed by atoms with Crippen LogP contribution in [0, 0.1) is 0 Å². The molecule has 0 amide bonds. The van der Waals surface area contributed by atoms with Crippen LogP contribution in [0.4, 0.5) is 11.4 Å². The Morgan fingerprint density at radius 3 is 2.16 bits per heavy atom. The molecule has 2 unspecified atom stereocenters. The summed E-state index contributed by atoms with van der Waals surface area (Å²) < 4.78 is 0. The molecule has 1 aliphatic rings. The second-order valence-electron chi connectivity index (χ2n) is 6.62. The molecule has 0 aromatic heterocycles. The van der Waals surface area contributed by atoms with Gasteiger partial charge in [0.2, 0.25) is 0 Å². The summed E-state index contributed by atoms with van der Waals surface area (Å²) in [5.41, 5.74) is 5.43. The van der Waals surface area contributed by atoms with Gasteiger partial charge in [-0.1, -0.05) is 66.7 Å². The number of nitrogens with zero attached hydrogens (tertiary/aromatic N) is 1. The van der Waals surface area contributed by atoms with Crippen molar-refractivity contribution in [2.75, 3.05) is 18.5 Å². The van der Waals surface area contributed by atoms with Crippen LogP contribution in [0.1, 0.15) is 29.5 Å². The third-order valence-corrected chi connectivity index (χ3v) is 5.14. The summed E-state index contributed by atoms with van der Waals surface area (Å²) in [6, 6.07) is 30.9. The van der Waals surface area contributed by atoms with E-state index in [1.165, 1.54) is 22.5 Å². The van der Waals surface area contributed by atoms with Crippen molar-refractivity contribution in [1.29, 1.82) is 0 Å². The maximum Gasteiger partial charge on any atom is 0.0661 e. The molecule has 2 heteroatoms. The Bertz CT molecular complexity index is 814. The molecule has 2 atom stereocenters. The Hall–Kier alpha value is -2.58. The monoisotopic (exact) mass is 328 g/mol. The van der Waals surface area contributed by atoms with E-state index in [9.17, 15) is 0 Å². The Kier molecular flexibility index (Phi) is 4.53. The molecule has 0 radical (unpaired) electrons. The second-order valence-corrected chi connectivity index (χ2v) is 6.62. The summed E-state index contributed by atoms with van der Waals surface area (Å²) in [5.74, 6) is 0.478. The van der Waals surface area contributed by atoms with Crippen molar-refractivity contribution in [3.05, 3.63) is 96.1 Å². The quantitative estimate of drug-likeness (QED) is 0.686. The van der Waals surface area contributed by atoms with Gasteiger partial charge in [-0.3, -0.25) is 0 Å². The number of para-hydroxylation sites is 2. The van der Waals surface area contributed by atoms with E-state index in [-0.39, 0.29) is 0 Å². The number of nitrogens with one attached hydrogen (secondary N) is 1. The van der Waals surface area contributed by atoms with E-state index in [0.717, 1.165) is 13.0 Å². The van der Waals surface area contributed by atoms with Crippen molar-refractivity contribution in [1.82, 2.24) is 5.32 Å². The number of hydrogen-bond donors (Lipinski definition) is 1. The first-order valence-corrected chi connectivity index (χ1v) is 9.03. The van der Waals surface area contributed by atoms with Crippen LogP contribution < -0.4 is 10.2 Å². The number of anilines is 2. The van der Waals surface area contributed by atoms with Crippen LogP contribution in [0.25, 0.3) is 0 Å². The Morgan fingerprint density at radius 1 is 0.800 bits per heavy atom. The zero-order valence-electron chi connectivity index (χ0n) is 14.6. The fourth-order valence-electron chi connectivity index (χ4n) is 4.05. The van der Waals surface area contributed by atoms with E-state index < -0.39 is 0 Å². The second kappa shape index (κ2) is 7.12. The SMILES string of the molecule is CNCCC1c2ccccc2N(c2ccccc2)C1c1ccccc1. The van der Waals surface area contributed by atoms with Crippen LogP contribution in [0.15, 0.2) is 84.9 Å². The van der Waals surface area contributed by atoms with Crippen LogP contribution in [0.2, 0.25) is 0 Å². The van der Waals surface area contributed by atoms with E-state index in [1.54, 1.807) is 0 Å². The van der Waals surface area contributed by atoms with Gasteiger partial charge >= 0.3 is 0 Å². The lowest BCUT2D eigenvalue weighted by Crippen LogP contribution is -2.24. The van der Waals surface area contributed by atoms with Crippen molar-refractivity contribution in [3.63, 3.8) is 0 Å². The summed E-state index contributed by atoms with van der Waals surface area (Å²) in [4.78, 5) is 2.52. The van der Waals surface area contributed by atoms with E-state index in [0.29, 0.717) is 12.0 Å². The molecular formula is C23H24N2. The maximum atomic E-state index is 3.33. The fourth-order valence-corrected chi connectivity index (χ4v) is 4.05. The van der Waals surface area contributed by atoms with E-state index in [4.69, 9.17) is 0 Å². The first-order chi connectivity index (χ1) is 12.4. The topological polar surface area (TPSA) is 15.3 Å². The standard InChI is InChI=1S/C23H24N2/c1-24-17-16-21-20-14-8-9-15-22(20)25(19-12-6-3-7-13-19)23(21)18-10-4-2-5-11-18/h2-15,21,23-24H,16-17H2,1H3. The minimum atomic E-state index is 0.328. The third kappa shape index (κ3) is 2.94. The summed E-state index contributed by atoms with van der Waals surface area (Å²) in [6.07, 6.45) is 1.12. The minimum absolute atomic E-state index is 0.328. The van der Waals surface area contributed by atoms with Gasteiger partial charge in [0.05, 0.1) is 6.04 Å². The van der Waals surface area contributed by atoms with E-state index >= 15 is 0 Å². The van der Waals surface area contributed by atoms with Crippen LogP contribution >= 0.6 is 0 Å². The first-order valence-electron chi connectivity index (χ1n) is 9.03. The zero-order valence-corrected chi connectivity index (χ0v) is 14.6. The molecule has 25 heavy (non-hydrogen) atoms. The third-order valence-electron chi connectivity index (χ3n) is 5.14. The Morgan fingerprint density at radius 2 is 1.44 bits per heavy atom. The predicted molar refractivity (Wildman–Crippen MR) is 105 cm³/mol. The molecule has 4 rings (SSSR count). The zero-order chi connectivity index (χ0) is 17.1. The molecule has 0 saturated carbocycles. The van der Waals surface area contributed by atoms with Crippen molar-refractivity contribution in [3.8, 4) is 0 Å². The van der Waals surface area contributed by atoms with Crippen LogP contribution in [0.3, 0.4) is 0 Å². The predicted octanol–water partition coefficient (Wildman–Crippen LogP) is 5.27. The summed E-state index contributed by atoms with van der Waals surface area (Å²) in [6.45, 7) is 1.02. The van der Waals surface area contributed by atoms with Gasteiger partial charge in [0.25, 0.3) is 0 Å². The summed E-state index contributed by atoms with van der Waals surface area (Å²) >= 11 is 0. The highest BCUT2D eigenvalue weighted by molar-refractivity contribution is 5.73. The Balaban J connectivity index is 1.87. The molecule has 1 N–H and O–H groups in total. The molecule has 126 valence electrons. The molecule has 0 bridgehead atoms. The molecule has 0 aliphatic carbocycles. The maximum absolute atomic E-state index is 3.33. The van der Waals surface area contributed by atoms with Gasteiger partial charge in [-0.05, 0) is 49.3 Å². The molecule has 2 nitrogen and oxygen atoms in total. The van der Waals surface area contributed by atoms with Crippen LogP contribution in [-0.2, 0) is 0 Å². The van der Waals surface area contributed by atoms with Crippen LogP contribution in [0.5, 0.6) is 0 Å². The fraction of sp³-hybridized carbons (Fsp3) is 0.217. The van der Waals surface area contributed by atoms with Crippen molar-refractivity contribution in [2.24, 2.45) is 0 Å². The van der Waals surface area contributed by atoms with Gasteiger partial charge in [0, 0.05) is 17.3 Å². The smallest absolute Gasteiger partial charge is 0.0661 e. The van der Waals surface area contributed by atoms with Gasteiger partial charge < -0.3 is 10.2 Å². The molecule has 3 aromatic rings. The number of benzene rings is 3. The molecule has 0 fully saturated rings. The largest absolute Gasteiger partial charge is 0.333 e. The van der Waals surface area contributed by atoms with Gasteiger partial charge in [-0.15, -0.1) is 0 Å². The summed E-state index contributed by atoms with van der Waals surface area (Å²) in [7, 11) is 2.04. The van der Waals surface area contributed by atoms with Crippen molar-refractivity contribution >= 4 is 11.4 Å². The highest BCUT2D eigenvalue weighted by Gasteiger charge is 2.39. The van der Waals surface area contributed by atoms with Gasteiger partial charge in [0.15, 0.2) is 0 Å². The first kappa shape index (κ1) is 15.9. The van der Waals surface area contributed by atoms with Gasteiger partial charge in [0.1, 0.15) is 0 Å². The highest BCUT2D eigenvalue weighted by atomic mass is 15.2. The molecule has 1 aliphatic heterocycles. The van der Waals surface area contributed by atoms with Gasteiger partial charge in [-0.2, -0.15) is 0 Å². The van der Waals surface area contributed by atoms with E-state index in [1.807, 2.05) is 7.05 Å². The van der Waals surface area contributed by atoms with E-state index in [2.05, 4.69) is 95.1 Å². The molecule has 0 spiro atoms. The normalized spacial score (nSPS) is 19.0. The lowest BCUT2D eigenvalue weighted by atomic mass is 9.87. The number of rotatable bonds is 5. The summed E-state index contributed by atoms with van der Waals surface area (Å²) in [5, 5.41) is 3.33. The lowest BCUT2D eigenvalue weighted by molar-refractivity contribution is 0.529. The van der Waals surface area contributed by atoms with Crippen LogP contribution in [-0.4, -0.2) is 13.6 Å². The van der Waals surface area contributed by atoms with Crippen molar-refractivity contribution in [2.45, 2.75) is 18.4 Å². The molecule has 3 aromatic carbocycles. The molecule has 0 saturated heterocycles. The van der Waals surface area contributed by atoms with Gasteiger partial charge in [-0.25, -0.2) is 0 Å². The number of hydrogen-bond acceptors (Lipinski definition) is 2. The molecular weight excluding hydrogens is 304 g/mol. The molecule has 1 heterocycles. The minimum Gasteiger partial charge on any atom is -0.333 e. The number of fused-ring (bicyclic) bond motifs is 1. The average Bonchev–Trinajstić information content (AvgIpc) is 3.02. The Labute approximate surface area is 150 Å². The average molecular weight is 328 g/mol. The highest BCUT2D eigenvalue weighted by Crippen LogP contribution is 2.53. The van der Waals surface area contributed by atoms with Crippen molar-refractivity contribution < 1.29 is 0 Å². The lowest BCUT2D eigenvalue weighted by Gasteiger charge is -2.31.